The van der Waals surface area contributed by atoms with Gasteiger partial charge in [-0.2, -0.15) is 0 Å². The van der Waals surface area contributed by atoms with Crippen LogP contribution in [-0.2, 0) is 4.79 Å². The first-order valence-corrected chi connectivity index (χ1v) is 9.11. The number of anilines is 1. The van der Waals surface area contributed by atoms with E-state index in [4.69, 9.17) is 23.2 Å². The van der Waals surface area contributed by atoms with Crippen molar-refractivity contribution in [3.63, 3.8) is 0 Å². The number of hydrogen-bond acceptors (Lipinski definition) is 4. The molecule has 0 aromatic heterocycles. The minimum absolute atomic E-state index is 0.0783. The number of halogens is 2. The van der Waals surface area contributed by atoms with E-state index in [0.29, 0.717) is 47.5 Å². The van der Waals surface area contributed by atoms with Crippen LogP contribution in [0.4, 0.5) is 11.4 Å². The van der Waals surface area contributed by atoms with Crippen LogP contribution in [0.25, 0.3) is 6.08 Å². The molecule has 0 aliphatic carbocycles. The van der Waals surface area contributed by atoms with Crippen molar-refractivity contribution in [2.24, 2.45) is 0 Å². The van der Waals surface area contributed by atoms with Crippen molar-refractivity contribution in [1.29, 1.82) is 0 Å². The first-order valence-electron chi connectivity index (χ1n) is 8.36. The highest BCUT2D eigenvalue weighted by molar-refractivity contribution is 6.35. The standard InChI is InChI=1S/C19H17Cl2N3O3/c20-15-7-5-14(16(21)13-15)6-8-19(25)23-11-9-22(10-12-23)17-3-1-2-4-18(17)24(26)27/h1-8,13H,9-12H2. The van der Waals surface area contributed by atoms with Gasteiger partial charge in [-0.25, -0.2) is 0 Å². The molecule has 0 N–H and O–H groups in total. The van der Waals surface area contributed by atoms with Crippen LogP contribution in [0.2, 0.25) is 10.0 Å². The van der Waals surface area contributed by atoms with Gasteiger partial charge in [-0.15, -0.1) is 0 Å². The topological polar surface area (TPSA) is 66.7 Å². The second-order valence-electron chi connectivity index (χ2n) is 6.06. The maximum atomic E-state index is 12.4. The molecule has 0 atom stereocenters. The molecule has 0 radical (unpaired) electrons. The summed E-state index contributed by atoms with van der Waals surface area (Å²) >= 11 is 12.0. The van der Waals surface area contributed by atoms with E-state index in [1.165, 1.54) is 12.1 Å². The maximum absolute atomic E-state index is 12.4. The van der Waals surface area contributed by atoms with Crippen LogP contribution in [0.15, 0.2) is 48.5 Å². The van der Waals surface area contributed by atoms with E-state index < -0.39 is 0 Å². The lowest BCUT2D eigenvalue weighted by atomic mass is 10.2. The molecule has 27 heavy (non-hydrogen) atoms. The summed E-state index contributed by atoms with van der Waals surface area (Å²) in [6.45, 7) is 2.05. The second-order valence-corrected chi connectivity index (χ2v) is 6.90. The lowest BCUT2D eigenvalue weighted by Gasteiger charge is -2.35. The number of amides is 1. The van der Waals surface area contributed by atoms with Crippen molar-refractivity contribution in [2.75, 3.05) is 31.1 Å². The van der Waals surface area contributed by atoms with Crippen LogP contribution in [0.3, 0.4) is 0 Å². The van der Waals surface area contributed by atoms with Crippen LogP contribution in [-0.4, -0.2) is 41.9 Å². The largest absolute Gasteiger partial charge is 0.362 e. The Labute approximate surface area is 166 Å². The van der Waals surface area contributed by atoms with E-state index in [1.54, 1.807) is 47.4 Å². The van der Waals surface area contributed by atoms with E-state index in [9.17, 15) is 14.9 Å². The summed E-state index contributed by atoms with van der Waals surface area (Å²) in [7, 11) is 0. The van der Waals surface area contributed by atoms with Gasteiger partial charge in [-0.1, -0.05) is 41.4 Å². The third-order valence-corrected chi connectivity index (χ3v) is 4.94. The summed E-state index contributed by atoms with van der Waals surface area (Å²) in [6.07, 6.45) is 3.14. The van der Waals surface area contributed by atoms with Crippen LogP contribution in [0.1, 0.15) is 5.56 Å². The predicted molar refractivity (Wildman–Crippen MR) is 107 cm³/mol. The van der Waals surface area contributed by atoms with Crippen molar-refractivity contribution in [3.8, 4) is 0 Å². The SMILES string of the molecule is O=C(C=Cc1ccc(Cl)cc1Cl)N1CCN(c2ccccc2[N+](=O)[O-])CC1. The molecule has 1 fully saturated rings. The van der Waals surface area contributed by atoms with Gasteiger partial charge < -0.3 is 9.80 Å². The van der Waals surface area contributed by atoms with E-state index in [-0.39, 0.29) is 16.5 Å². The van der Waals surface area contributed by atoms with Crippen molar-refractivity contribution >= 4 is 46.6 Å². The molecule has 0 saturated carbocycles. The Kier molecular flexibility index (Phi) is 5.98. The van der Waals surface area contributed by atoms with Crippen LogP contribution < -0.4 is 4.90 Å². The third kappa shape index (κ3) is 4.59. The zero-order valence-corrected chi connectivity index (χ0v) is 15.9. The van der Waals surface area contributed by atoms with Gasteiger partial charge in [0.25, 0.3) is 5.69 Å². The minimum Gasteiger partial charge on any atom is -0.362 e. The molecule has 1 saturated heterocycles. The summed E-state index contributed by atoms with van der Waals surface area (Å²) in [5, 5.41) is 12.2. The fourth-order valence-corrected chi connectivity index (χ4v) is 3.43. The third-order valence-electron chi connectivity index (χ3n) is 4.38. The lowest BCUT2D eigenvalue weighted by molar-refractivity contribution is -0.384. The Morgan fingerprint density at radius 2 is 1.78 bits per heavy atom. The van der Waals surface area contributed by atoms with Gasteiger partial charge in [0.15, 0.2) is 0 Å². The first-order chi connectivity index (χ1) is 13.0. The lowest BCUT2D eigenvalue weighted by Crippen LogP contribution is -2.48. The summed E-state index contributed by atoms with van der Waals surface area (Å²) in [5.74, 6) is -0.122. The van der Waals surface area contributed by atoms with Crippen LogP contribution in [0, 0.1) is 10.1 Å². The van der Waals surface area contributed by atoms with Crippen LogP contribution >= 0.6 is 23.2 Å². The van der Waals surface area contributed by atoms with E-state index in [1.807, 2.05) is 4.90 Å². The molecule has 1 aliphatic heterocycles. The monoisotopic (exact) mass is 405 g/mol. The Morgan fingerprint density at radius 3 is 2.44 bits per heavy atom. The number of nitro benzene ring substituents is 1. The van der Waals surface area contributed by atoms with Gasteiger partial charge >= 0.3 is 0 Å². The fraction of sp³-hybridized carbons (Fsp3) is 0.211. The molecule has 2 aromatic rings. The number of rotatable bonds is 4. The van der Waals surface area contributed by atoms with Gasteiger partial charge in [0.2, 0.25) is 5.91 Å². The smallest absolute Gasteiger partial charge is 0.292 e. The molecule has 3 rings (SSSR count). The summed E-state index contributed by atoms with van der Waals surface area (Å²) < 4.78 is 0. The molecule has 1 heterocycles. The number of hydrogen-bond donors (Lipinski definition) is 0. The number of carbonyl (C=O) groups excluding carboxylic acids is 1. The molecule has 0 spiro atoms. The van der Waals surface area contributed by atoms with Crippen molar-refractivity contribution in [3.05, 3.63) is 74.3 Å². The summed E-state index contributed by atoms with van der Waals surface area (Å²) in [5.41, 5.74) is 1.38. The van der Waals surface area contributed by atoms with Crippen molar-refractivity contribution < 1.29 is 9.72 Å². The van der Waals surface area contributed by atoms with Gasteiger partial charge in [0, 0.05) is 48.4 Å². The number of carbonyl (C=O) groups is 1. The zero-order valence-electron chi connectivity index (χ0n) is 14.3. The summed E-state index contributed by atoms with van der Waals surface area (Å²) in [6, 6.07) is 11.7. The molecular weight excluding hydrogens is 389 g/mol. The Balaban J connectivity index is 1.63. The quantitative estimate of drug-likeness (QED) is 0.432. The van der Waals surface area contributed by atoms with E-state index >= 15 is 0 Å². The average Bonchev–Trinajstić information content (AvgIpc) is 2.67. The molecule has 8 heteroatoms. The second kappa shape index (κ2) is 8.41. The molecule has 6 nitrogen and oxygen atoms in total. The molecule has 140 valence electrons. The summed E-state index contributed by atoms with van der Waals surface area (Å²) in [4.78, 5) is 26.9. The maximum Gasteiger partial charge on any atom is 0.292 e. The van der Waals surface area contributed by atoms with Gasteiger partial charge in [-0.3, -0.25) is 14.9 Å². The minimum atomic E-state index is -0.383. The molecule has 2 aromatic carbocycles. The molecule has 0 bridgehead atoms. The Morgan fingerprint density at radius 1 is 1.07 bits per heavy atom. The predicted octanol–water partition coefficient (Wildman–Crippen LogP) is 4.26. The zero-order chi connectivity index (χ0) is 19.4. The molecule has 1 aliphatic rings. The van der Waals surface area contributed by atoms with E-state index in [2.05, 4.69) is 0 Å². The average molecular weight is 406 g/mol. The number of benzene rings is 2. The first kappa shape index (κ1) is 19.2. The normalized spacial score (nSPS) is 14.6. The number of para-hydroxylation sites is 2. The van der Waals surface area contributed by atoms with Crippen LogP contribution in [0.5, 0.6) is 0 Å². The van der Waals surface area contributed by atoms with Gasteiger partial charge in [0.1, 0.15) is 5.69 Å². The molecule has 0 unspecified atom stereocenters. The number of nitrogens with zero attached hydrogens (tertiary/aromatic N) is 3. The Hall–Kier alpha value is -2.57. The fourth-order valence-electron chi connectivity index (χ4n) is 2.96. The van der Waals surface area contributed by atoms with Crippen molar-refractivity contribution in [1.82, 2.24) is 4.90 Å². The number of nitro groups is 1. The van der Waals surface area contributed by atoms with Gasteiger partial charge in [0.05, 0.1) is 4.92 Å². The highest BCUT2D eigenvalue weighted by atomic mass is 35.5. The highest BCUT2D eigenvalue weighted by Crippen LogP contribution is 2.28. The van der Waals surface area contributed by atoms with E-state index in [0.717, 1.165) is 0 Å². The molecular formula is C19H17Cl2N3O3. The number of piperazine rings is 1. The van der Waals surface area contributed by atoms with Gasteiger partial charge in [-0.05, 0) is 29.8 Å². The Bertz CT molecular complexity index is 894. The molecule has 1 amide bonds. The highest BCUT2D eigenvalue weighted by Gasteiger charge is 2.24. The van der Waals surface area contributed by atoms with Crippen molar-refractivity contribution in [2.45, 2.75) is 0 Å².